The molecule has 14 heavy (non-hydrogen) atoms. The van der Waals surface area contributed by atoms with E-state index in [-0.39, 0.29) is 10.7 Å². The zero-order valence-electron chi connectivity index (χ0n) is 6.77. The molecule has 1 aromatic rings. The van der Waals surface area contributed by atoms with Gasteiger partial charge in [-0.05, 0) is 12.1 Å². The van der Waals surface area contributed by atoms with Gasteiger partial charge in [0, 0.05) is 5.56 Å². The van der Waals surface area contributed by atoms with Crippen LogP contribution >= 0.6 is 11.6 Å². The molecule has 1 heterocycles. The Balaban J connectivity index is 3.43. The zero-order valence-corrected chi connectivity index (χ0v) is 8.34. The SMILES string of the molecule is NC(=O)c1cc(Cl)nc(S(N)(=O)=O)c1. The van der Waals surface area contributed by atoms with Crippen molar-refractivity contribution in [2.75, 3.05) is 0 Å². The number of amides is 1. The van der Waals surface area contributed by atoms with Crippen molar-refractivity contribution >= 4 is 27.5 Å². The van der Waals surface area contributed by atoms with Gasteiger partial charge in [-0.15, -0.1) is 0 Å². The number of nitrogens with zero attached hydrogens (tertiary/aromatic N) is 1. The van der Waals surface area contributed by atoms with E-state index in [2.05, 4.69) is 4.98 Å². The average molecular weight is 236 g/mol. The molecule has 0 aliphatic carbocycles. The summed E-state index contributed by atoms with van der Waals surface area (Å²) in [5.74, 6) is -0.806. The maximum atomic E-state index is 10.9. The lowest BCUT2D eigenvalue weighted by atomic mass is 10.3. The van der Waals surface area contributed by atoms with Gasteiger partial charge in [0.1, 0.15) is 5.15 Å². The first-order chi connectivity index (χ1) is 6.30. The fourth-order valence-electron chi connectivity index (χ4n) is 0.761. The van der Waals surface area contributed by atoms with Gasteiger partial charge in [0.05, 0.1) is 0 Å². The number of hydrogen-bond donors (Lipinski definition) is 2. The third-order valence-corrected chi connectivity index (χ3v) is 2.33. The fourth-order valence-corrected chi connectivity index (χ4v) is 1.54. The minimum absolute atomic E-state index is 0.0611. The fraction of sp³-hybridized carbons (Fsp3) is 0. The topological polar surface area (TPSA) is 116 Å². The van der Waals surface area contributed by atoms with Gasteiger partial charge in [0.2, 0.25) is 5.91 Å². The first kappa shape index (κ1) is 10.9. The molecule has 1 aromatic heterocycles. The van der Waals surface area contributed by atoms with E-state index < -0.39 is 21.0 Å². The van der Waals surface area contributed by atoms with Gasteiger partial charge in [0.25, 0.3) is 10.0 Å². The van der Waals surface area contributed by atoms with Crippen LogP contribution in [0, 0.1) is 0 Å². The number of halogens is 1. The average Bonchev–Trinajstić information content (AvgIpc) is 2.01. The van der Waals surface area contributed by atoms with Gasteiger partial charge < -0.3 is 5.73 Å². The van der Waals surface area contributed by atoms with Crippen LogP contribution < -0.4 is 10.9 Å². The minimum atomic E-state index is -3.98. The Labute approximate surface area is 84.9 Å². The van der Waals surface area contributed by atoms with Crippen molar-refractivity contribution in [1.82, 2.24) is 4.98 Å². The Morgan fingerprint density at radius 2 is 2.00 bits per heavy atom. The lowest BCUT2D eigenvalue weighted by molar-refractivity contribution is 0.1000. The van der Waals surface area contributed by atoms with E-state index in [9.17, 15) is 13.2 Å². The molecule has 0 radical (unpaired) electrons. The molecule has 0 unspecified atom stereocenters. The third kappa shape index (κ3) is 2.41. The monoisotopic (exact) mass is 235 g/mol. The predicted octanol–water partition coefficient (Wildman–Crippen LogP) is -0.519. The molecule has 0 bridgehead atoms. The first-order valence-corrected chi connectivity index (χ1v) is 5.23. The number of carbonyl (C=O) groups is 1. The van der Waals surface area contributed by atoms with Gasteiger partial charge >= 0.3 is 0 Å². The van der Waals surface area contributed by atoms with Crippen LogP contribution in [-0.4, -0.2) is 19.3 Å². The smallest absolute Gasteiger partial charge is 0.255 e. The predicted molar refractivity (Wildman–Crippen MR) is 49.1 cm³/mol. The summed E-state index contributed by atoms with van der Waals surface area (Å²) in [6.07, 6.45) is 0. The number of carbonyl (C=O) groups excluding carboxylic acids is 1. The Kier molecular flexibility index (Phi) is 2.74. The summed E-state index contributed by atoms with van der Waals surface area (Å²) in [5, 5.41) is 4.14. The van der Waals surface area contributed by atoms with Crippen LogP contribution in [0.25, 0.3) is 0 Å². The number of primary amides is 1. The molecule has 0 atom stereocenters. The Morgan fingerprint density at radius 3 is 2.43 bits per heavy atom. The van der Waals surface area contributed by atoms with Crippen LogP contribution in [0.4, 0.5) is 0 Å². The molecule has 0 aliphatic rings. The van der Waals surface area contributed by atoms with Gasteiger partial charge in [-0.25, -0.2) is 18.5 Å². The summed E-state index contributed by atoms with van der Waals surface area (Å²) in [5.41, 5.74) is 4.87. The number of primary sulfonamides is 1. The molecule has 0 saturated heterocycles. The molecule has 1 amide bonds. The molecule has 6 nitrogen and oxygen atoms in total. The van der Waals surface area contributed by atoms with Gasteiger partial charge in [-0.3, -0.25) is 4.79 Å². The number of pyridine rings is 1. The largest absolute Gasteiger partial charge is 0.366 e. The summed E-state index contributed by atoms with van der Waals surface area (Å²) in [4.78, 5) is 14.2. The first-order valence-electron chi connectivity index (χ1n) is 3.31. The normalized spacial score (nSPS) is 11.3. The summed E-state index contributed by atoms with van der Waals surface area (Å²) in [6, 6.07) is 2.11. The number of aromatic nitrogens is 1. The third-order valence-electron chi connectivity index (χ3n) is 1.35. The van der Waals surface area contributed by atoms with Crippen molar-refractivity contribution in [2.45, 2.75) is 5.03 Å². The highest BCUT2D eigenvalue weighted by molar-refractivity contribution is 7.89. The molecule has 0 spiro atoms. The van der Waals surface area contributed by atoms with Crippen LogP contribution in [0.3, 0.4) is 0 Å². The van der Waals surface area contributed by atoms with Gasteiger partial charge in [0.15, 0.2) is 5.03 Å². The highest BCUT2D eigenvalue weighted by Crippen LogP contribution is 2.13. The van der Waals surface area contributed by atoms with E-state index in [0.29, 0.717) is 0 Å². The number of rotatable bonds is 2. The summed E-state index contributed by atoms with van der Waals surface area (Å²) in [6.45, 7) is 0. The lowest BCUT2D eigenvalue weighted by Gasteiger charge is -2.00. The van der Waals surface area contributed by atoms with Crippen LogP contribution in [0.1, 0.15) is 10.4 Å². The molecule has 0 aromatic carbocycles. The van der Waals surface area contributed by atoms with E-state index >= 15 is 0 Å². The van der Waals surface area contributed by atoms with Gasteiger partial charge in [-0.1, -0.05) is 11.6 Å². The molecule has 0 aliphatic heterocycles. The van der Waals surface area contributed by atoms with E-state index in [1.165, 1.54) is 0 Å². The van der Waals surface area contributed by atoms with Crippen molar-refractivity contribution in [2.24, 2.45) is 10.9 Å². The van der Waals surface area contributed by atoms with Crippen molar-refractivity contribution in [3.05, 3.63) is 22.8 Å². The zero-order chi connectivity index (χ0) is 10.9. The second-order valence-corrected chi connectivity index (χ2v) is 4.32. The van der Waals surface area contributed by atoms with E-state index in [4.69, 9.17) is 22.5 Å². The molecule has 4 N–H and O–H groups in total. The van der Waals surface area contributed by atoms with E-state index in [1.807, 2.05) is 0 Å². The maximum Gasteiger partial charge on any atom is 0.255 e. The molecule has 0 fully saturated rings. The van der Waals surface area contributed by atoms with Crippen LogP contribution in [-0.2, 0) is 10.0 Å². The van der Waals surface area contributed by atoms with Crippen molar-refractivity contribution in [3.8, 4) is 0 Å². The number of nitrogens with two attached hydrogens (primary N) is 2. The highest BCUT2D eigenvalue weighted by Gasteiger charge is 2.13. The molecule has 8 heteroatoms. The maximum absolute atomic E-state index is 10.9. The molecular weight excluding hydrogens is 230 g/mol. The summed E-state index contributed by atoms with van der Waals surface area (Å²) in [7, 11) is -3.98. The van der Waals surface area contributed by atoms with Crippen molar-refractivity contribution in [3.63, 3.8) is 0 Å². The van der Waals surface area contributed by atoms with Gasteiger partial charge in [-0.2, -0.15) is 0 Å². The van der Waals surface area contributed by atoms with Crippen molar-refractivity contribution in [1.29, 1.82) is 0 Å². The molecular formula is C6H6ClN3O3S. The Morgan fingerprint density at radius 1 is 1.43 bits per heavy atom. The van der Waals surface area contributed by atoms with Crippen molar-refractivity contribution < 1.29 is 13.2 Å². The summed E-state index contributed by atoms with van der Waals surface area (Å²) >= 11 is 5.46. The second kappa shape index (κ2) is 3.52. The lowest BCUT2D eigenvalue weighted by Crippen LogP contribution is -2.17. The quantitative estimate of drug-likeness (QED) is 0.671. The number of sulfonamides is 1. The Hall–Kier alpha value is -1.18. The standard InChI is InChI=1S/C6H6ClN3O3S/c7-4-1-3(6(8)11)2-5(10-4)14(9,12)13/h1-2H,(H2,8,11)(H2,9,12,13). The number of hydrogen-bond acceptors (Lipinski definition) is 4. The Bertz CT molecular complexity index is 485. The van der Waals surface area contributed by atoms with E-state index in [1.54, 1.807) is 0 Å². The second-order valence-electron chi connectivity index (χ2n) is 2.43. The molecule has 0 saturated carbocycles. The van der Waals surface area contributed by atoms with Crippen LogP contribution in [0.5, 0.6) is 0 Å². The highest BCUT2D eigenvalue weighted by atomic mass is 35.5. The van der Waals surface area contributed by atoms with Crippen LogP contribution in [0.2, 0.25) is 5.15 Å². The van der Waals surface area contributed by atoms with E-state index in [0.717, 1.165) is 12.1 Å². The minimum Gasteiger partial charge on any atom is -0.366 e. The summed E-state index contributed by atoms with van der Waals surface area (Å²) < 4.78 is 21.7. The molecule has 76 valence electrons. The molecule has 1 rings (SSSR count). The van der Waals surface area contributed by atoms with Crippen LogP contribution in [0.15, 0.2) is 17.2 Å².